The standard InChI is InChI=1S/C23H23F3N4O2S/c1-15(21-27-20(28-32-21)16-6-5-7-17(14-16)23(24,25)26)29-10-12-30(13-11-29)22(31)18-8-3-4-9-19(18)33-2/h3-9,14-15H,10-13H2,1-2H3. The lowest BCUT2D eigenvalue weighted by atomic mass is 10.1. The van der Waals surface area contributed by atoms with E-state index in [1.165, 1.54) is 12.1 Å². The molecule has 2 aromatic carbocycles. The van der Waals surface area contributed by atoms with Gasteiger partial charge in [0.05, 0.1) is 17.2 Å². The number of carbonyl (C=O) groups is 1. The third-order valence-corrected chi connectivity index (χ3v) is 6.53. The fraction of sp³-hybridized carbons (Fsp3) is 0.348. The summed E-state index contributed by atoms with van der Waals surface area (Å²) < 4.78 is 44.4. The van der Waals surface area contributed by atoms with Crippen LogP contribution in [0.15, 0.2) is 57.9 Å². The molecule has 0 bridgehead atoms. The van der Waals surface area contributed by atoms with Gasteiger partial charge in [-0.25, -0.2) is 0 Å². The van der Waals surface area contributed by atoms with Crippen LogP contribution in [0.5, 0.6) is 0 Å². The molecule has 2 heterocycles. The third-order valence-electron chi connectivity index (χ3n) is 5.73. The van der Waals surface area contributed by atoms with Gasteiger partial charge >= 0.3 is 6.18 Å². The van der Waals surface area contributed by atoms with Crippen LogP contribution in [0.4, 0.5) is 13.2 Å². The Morgan fingerprint density at radius 3 is 2.52 bits per heavy atom. The lowest BCUT2D eigenvalue weighted by Crippen LogP contribution is -2.49. The number of aromatic nitrogens is 2. The van der Waals surface area contributed by atoms with Crippen molar-refractivity contribution in [2.45, 2.75) is 24.0 Å². The van der Waals surface area contributed by atoms with E-state index < -0.39 is 11.7 Å². The molecule has 1 aromatic heterocycles. The van der Waals surface area contributed by atoms with Gasteiger partial charge in [0, 0.05) is 36.6 Å². The average molecular weight is 477 g/mol. The van der Waals surface area contributed by atoms with E-state index in [-0.39, 0.29) is 23.3 Å². The van der Waals surface area contributed by atoms with Crippen molar-refractivity contribution in [3.8, 4) is 11.4 Å². The van der Waals surface area contributed by atoms with Gasteiger partial charge in [-0.1, -0.05) is 29.4 Å². The maximum absolute atomic E-state index is 13.0. The molecule has 1 saturated heterocycles. The molecule has 0 saturated carbocycles. The summed E-state index contributed by atoms with van der Waals surface area (Å²) in [4.78, 5) is 22.2. The van der Waals surface area contributed by atoms with E-state index in [0.717, 1.165) is 17.0 Å². The molecule has 3 aromatic rings. The van der Waals surface area contributed by atoms with Crippen molar-refractivity contribution >= 4 is 17.7 Å². The van der Waals surface area contributed by atoms with Crippen LogP contribution in [-0.2, 0) is 6.18 Å². The number of carbonyl (C=O) groups excluding carboxylic acids is 1. The Labute approximate surface area is 193 Å². The highest BCUT2D eigenvalue weighted by Crippen LogP contribution is 2.32. The minimum atomic E-state index is -4.44. The summed E-state index contributed by atoms with van der Waals surface area (Å²) >= 11 is 1.55. The number of benzene rings is 2. The molecule has 10 heteroatoms. The van der Waals surface area contributed by atoms with Gasteiger partial charge < -0.3 is 9.42 Å². The van der Waals surface area contributed by atoms with Crippen LogP contribution < -0.4 is 0 Å². The quantitative estimate of drug-likeness (QED) is 0.483. The van der Waals surface area contributed by atoms with Gasteiger partial charge in [-0.05, 0) is 37.4 Å². The Balaban J connectivity index is 1.41. The van der Waals surface area contributed by atoms with Crippen molar-refractivity contribution in [2.24, 2.45) is 0 Å². The summed E-state index contributed by atoms with van der Waals surface area (Å²) in [5.41, 5.74) is 0.187. The number of rotatable bonds is 5. The molecule has 4 rings (SSSR count). The van der Waals surface area contributed by atoms with Crippen LogP contribution in [0.2, 0.25) is 0 Å². The van der Waals surface area contributed by atoms with Crippen molar-refractivity contribution in [3.63, 3.8) is 0 Å². The zero-order valence-electron chi connectivity index (χ0n) is 18.2. The Kier molecular flexibility index (Phi) is 6.76. The number of hydrogen-bond donors (Lipinski definition) is 0. The number of nitrogens with zero attached hydrogens (tertiary/aromatic N) is 4. The van der Waals surface area contributed by atoms with Crippen LogP contribution >= 0.6 is 11.8 Å². The van der Waals surface area contributed by atoms with E-state index in [9.17, 15) is 18.0 Å². The highest BCUT2D eigenvalue weighted by Gasteiger charge is 2.32. The Hall–Kier alpha value is -2.85. The smallest absolute Gasteiger partial charge is 0.337 e. The molecular formula is C23H23F3N4O2S. The molecule has 0 spiro atoms. The first kappa shape index (κ1) is 23.3. The molecule has 1 atom stereocenters. The summed E-state index contributed by atoms with van der Waals surface area (Å²) in [7, 11) is 0. The van der Waals surface area contributed by atoms with Crippen molar-refractivity contribution in [1.29, 1.82) is 0 Å². The zero-order chi connectivity index (χ0) is 23.6. The third kappa shape index (κ3) is 5.06. The van der Waals surface area contributed by atoms with Gasteiger partial charge in [0.15, 0.2) is 0 Å². The normalized spacial score (nSPS) is 16.1. The molecular weight excluding hydrogens is 453 g/mol. The van der Waals surface area contributed by atoms with Crippen molar-refractivity contribution < 1.29 is 22.5 Å². The minimum Gasteiger partial charge on any atom is -0.337 e. The van der Waals surface area contributed by atoms with Crippen LogP contribution in [0.3, 0.4) is 0 Å². The van der Waals surface area contributed by atoms with Crippen molar-refractivity contribution in [1.82, 2.24) is 19.9 Å². The number of piperazine rings is 1. The molecule has 33 heavy (non-hydrogen) atoms. The maximum atomic E-state index is 13.0. The molecule has 174 valence electrons. The Morgan fingerprint density at radius 1 is 1.09 bits per heavy atom. The number of thioether (sulfide) groups is 1. The van der Waals surface area contributed by atoms with Crippen molar-refractivity contribution in [3.05, 3.63) is 65.5 Å². The molecule has 1 fully saturated rings. The second-order valence-electron chi connectivity index (χ2n) is 7.74. The first-order chi connectivity index (χ1) is 15.8. The van der Waals surface area contributed by atoms with Crippen LogP contribution in [0.1, 0.15) is 34.8 Å². The molecule has 6 nitrogen and oxygen atoms in total. The predicted molar refractivity (Wildman–Crippen MR) is 119 cm³/mol. The summed E-state index contributed by atoms with van der Waals surface area (Å²) in [5.74, 6) is 0.456. The first-order valence-electron chi connectivity index (χ1n) is 10.5. The zero-order valence-corrected chi connectivity index (χ0v) is 19.0. The molecule has 1 unspecified atom stereocenters. The maximum Gasteiger partial charge on any atom is 0.416 e. The molecule has 0 aliphatic carbocycles. The van der Waals surface area contributed by atoms with Gasteiger partial charge in [-0.15, -0.1) is 11.8 Å². The Bertz CT molecular complexity index is 1130. The second kappa shape index (κ2) is 9.56. The van der Waals surface area contributed by atoms with E-state index in [1.54, 1.807) is 11.8 Å². The molecule has 0 N–H and O–H groups in total. The van der Waals surface area contributed by atoms with Crippen molar-refractivity contribution in [2.75, 3.05) is 32.4 Å². The molecule has 1 aliphatic rings. The van der Waals surface area contributed by atoms with Crippen LogP contribution in [0.25, 0.3) is 11.4 Å². The minimum absolute atomic E-state index is 0.0110. The lowest BCUT2D eigenvalue weighted by molar-refractivity contribution is -0.137. The number of halogens is 3. The SMILES string of the molecule is CSc1ccccc1C(=O)N1CCN(C(C)c2nc(-c3cccc(C(F)(F)F)c3)no2)CC1. The summed E-state index contributed by atoms with van der Waals surface area (Å²) in [6.45, 7) is 4.26. The van der Waals surface area contributed by atoms with Gasteiger partial charge in [0.2, 0.25) is 11.7 Å². The monoisotopic (exact) mass is 476 g/mol. The summed E-state index contributed by atoms with van der Waals surface area (Å²) in [6, 6.07) is 12.2. The van der Waals surface area contributed by atoms with E-state index in [1.807, 2.05) is 42.3 Å². The van der Waals surface area contributed by atoms with Crippen LogP contribution in [-0.4, -0.2) is 58.3 Å². The first-order valence-corrected chi connectivity index (χ1v) is 11.7. The predicted octanol–water partition coefficient (Wildman–Crippen LogP) is 5.00. The molecule has 1 amide bonds. The lowest BCUT2D eigenvalue weighted by Gasteiger charge is -2.37. The molecule has 0 radical (unpaired) electrons. The van der Waals surface area contributed by atoms with Gasteiger partial charge in [0.1, 0.15) is 0 Å². The highest BCUT2D eigenvalue weighted by atomic mass is 32.2. The topological polar surface area (TPSA) is 62.5 Å². The second-order valence-corrected chi connectivity index (χ2v) is 8.59. The fourth-order valence-electron chi connectivity index (χ4n) is 3.82. The van der Waals surface area contributed by atoms with E-state index in [0.29, 0.717) is 37.6 Å². The Morgan fingerprint density at radius 2 is 1.82 bits per heavy atom. The van der Waals surface area contributed by atoms with Gasteiger partial charge in [0.25, 0.3) is 5.91 Å². The van der Waals surface area contributed by atoms with E-state index in [4.69, 9.17) is 4.52 Å². The van der Waals surface area contributed by atoms with Gasteiger partial charge in [-0.2, -0.15) is 18.2 Å². The summed E-state index contributed by atoms with van der Waals surface area (Å²) in [5, 5.41) is 3.88. The fourth-order valence-corrected chi connectivity index (χ4v) is 4.41. The van der Waals surface area contributed by atoms with E-state index in [2.05, 4.69) is 15.0 Å². The number of alkyl halides is 3. The van der Waals surface area contributed by atoms with E-state index >= 15 is 0 Å². The average Bonchev–Trinajstić information content (AvgIpc) is 3.33. The highest BCUT2D eigenvalue weighted by molar-refractivity contribution is 7.98. The number of amides is 1. The molecule has 1 aliphatic heterocycles. The largest absolute Gasteiger partial charge is 0.416 e. The number of hydrogen-bond acceptors (Lipinski definition) is 6. The summed E-state index contributed by atoms with van der Waals surface area (Å²) in [6.07, 6.45) is -2.49. The van der Waals surface area contributed by atoms with Crippen LogP contribution in [0, 0.1) is 0 Å². The van der Waals surface area contributed by atoms with Gasteiger partial charge in [-0.3, -0.25) is 9.69 Å².